The maximum Gasteiger partial charge on any atom is 0.387 e. The Hall–Kier alpha value is -2.37. The minimum atomic E-state index is -2.90. The predicted octanol–water partition coefficient (Wildman–Crippen LogP) is 3.77. The molecule has 0 spiro atoms. The summed E-state index contributed by atoms with van der Waals surface area (Å²) in [5.74, 6) is 1.05. The summed E-state index contributed by atoms with van der Waals surface area (Å²) < 4.78 is 39.9. The molecular weight excluding hydrogens is 499 g/mol. The maximum atomic E-state index is 12.6. The first-order chi connectivity index (χ1) is 13.3. The average molecular weight is 523 g/mol. The molecule has 7 nitrogen and oxygen atoms in total. The Kier molecular flexibility index (Phi) is 9.86. The van der Waals surface area contributed by atoms with Crippen LogP contribution in [-0.2, 0) is 17.8 Å². The van der Waals surface area contributed by atoms with E-state index >= 15 is 0 Å². The van der Waals surface area contributed by atoms with Crippen LogP contribution in [0.15, 0.2) is 33.7 Å². The van der Waals surface area contributed by atoms with Gasteiger partial charge in [0, 0.05) is 19.2 Å². The summed E-state index contributed by atoms with van der Waals surface area (Å²) >= 11 is 0. The molecule has 0 radical (unpaired) electrons. The third-order valence-electron chi connectivity index (χ3n) is 3.91. The standard InChI is InChI=1S/C19H23F2N3O4.HI/c1-11-5-6-16(28-18(20)21)13(7-11)9-23-19(22-3)24-10-14-8-15(12(2)27-14)17(25)26-4;/h5-8,18H,9-10H2,1-4H3,(H2,22,23,24);1H. The van der Waals surface area contributed by atoms with E-state index < -0.39 is 12.6 Å². The number of rotatable bonds is 7. The number of halogens is 3. The van der Waals surface area contributed by atoms with E-state index in [1.807, 2.05) is 6.92 Å². The van der Waals surface area contributed by atoms with Gasteiger partial charge in [0.15, 0.2) is 5.96 Å². The Morgan fingerprint density at radius 2 is 1.90 bits per heavy atom. The second kappa shape index (κ2) is 11.6. The zero-order chi connectivity index (χ0) is 20.7. The highest BCUT2D eigenvalue weighted by Crippen LogP contribution is 2.22. The molecule has 0 saturated heterocycles. The number of hydrogen-bond donors (Lipinski definition) is 2. The molecule has 0 saturated carbocycles. The number of guanidine groups is 1. The van der Waals surface area contributed by atoms with E-state index in [4.69, 9.17) is 9.15 Å². The van der Waals surface area contributed by atoms with Gasteiger partial charge in [-0.2, -0.15) is 8.78 Å². The number of alkyl halides is 2. The van der Waals surface area contributed by atoms with Gasteiger partial charge in [0.1, 0.15) is 22.8 Å². The second-order valence-electron chi connectivity index (χ2n) is 5.94. The molecule has 0 aliphatic heterocycles. The van der Waals surface area contributed by atoms with Crippen LogP contribution in [-0.4, -0.2) is 32.7 Å². The van der Waals surface area contributed by atoms with Crippen molar-refractivity contribution >= 4 is 35.9 Å². The van der Waals surface area contributed by atoms with Gasteiger partial charge in [-0.05, 0) is 26.0 Å². The highest BCUT2D eigenvalue weighted by Gasteiger charge is 2.15. The molecule has 0 aliphatic rings. The monoisotopic (exact) mass is 523 g/mol. The molecule has 0 bridgehead atoms. The summed E-state index contributed by atoms with van der Waals surface area (Å²) in [5, 5.41) is 6.07. The van der Waals surface area contributed by atoms with Gasteiger partial charge >= 0.3 is 12.6 Å². The number of nitrogens with zero attached hydrogens (tertiary/aromatic N) is 1. The Morgan fingerprint density at radius 1 is 1.21 bits per heavy atom. The maximum absolute atomic E-state index is 12.6. The fourth-order valence-electron chi connectivity index (χ4n) is 2.57. The van der Waals surface area contributed by atoms with Gasteiger partial charge in [0.25, 0.3) is 0 Å². The molecular formula is C19H24F2IN3O4. The van der Waals surface area contributed by atoms with Crippen molar-refractivity contribution in [2.45, 2.75) is 33.5 Å². The smallest absolute Gasteiger partial charge is 0.387 e. The second-order valence-corrected chi connectivity index (χ2v) is 5.94. The molecule has 2 aromatic rings. The van der Waals surface area contributed by atoms with E-state index in [2.05, 4.69) is 20.4 Å². The van der Waals surface area contributed by atoms with Gasteiger partial charge in [-0.3, -0.25) is 4.99 Å². The third kappa shape index (κ3) is 7.18. The minimum absolute atomic E-state index is 0. The number of methoxy groups -OCH3 is 1. The van der Waals surface area contributed by atoms with E-state index in [0.717, 1.165) is 5.56 Å². The number of carbonyl (C=O) groups excluding carboxylic acids is 1. The average Bonchev–Trinajstić information content (AvgIpc) is 3.03. The van der Waals surface area contributed by atoms with Gasteiger partial charge in [-0.15, -0.1) is 24.0 Å². The van der Waals surface area contributed by atoms with Crippen LogP contribution in [0.5, 0.6) is 5.75 Å². The van der Waals surface area contributed by atoms with Crippen molar-refractivity contribution in [3.05, 3.63) is 52.5 Å². The summed E-state index contributed by atoms with van der Waals surface area (Å²) in [5.41, 5.74) is 1.85. The van der Waals surface area contributed by atoms with Gasteiger partial charge in [-0.25, -0.2) is 4.79 Å². The van der Waals surface area contributed by atoms with Crippen molar-refractivity contribution in [3.63, 3.8) is 0 Å². The van der Waals surface area contributed by atoms with Crippen molar-refractivity contribution in [1.82, 2.24) is 10.6 Å². The number of esters is 1. The molecule has 0 amide bonds. The van der Waals surface area contributed by atoms with Crippen LogP contribution in [0.2, 0.25) is 0 Å². The van der Waals surface area contributed by atoms with Gasteiger partial charge in [0.05, 0.1) is 13.7 Å². The van der Waals surface area contributed by atoms with Crippen LogP contribution in [0.4, 0.5) is 8.78 Å². The minimum Gasteiger partial charge on any atom is -0.465 e. The molecule has 1 heterocycles. The van der Waals surface area contributed by atoms with Crippen molar-refractivity contribution in [2.24, 2.45) is 4.99 Å². The molecule has 160 valence electrons. The Labute approximate surface area is 184 Å². The van der Waals surface area contributed by atoms with Crippen LogP contribution in [0, 0.1) is 13.8 Å². The van der Waals surface area contributed by atoms with Crippen molar-refractivity contribution in [2.75, 3.05) is 14.2 Å². The molecule has 2 rings (SSSR count). The zero-order valence-electron chi connectivity index (χ0n) is 16.5. The van der Waals surface area contributed by atoms with Gasteiger partial charge in [0.2, 0.25) is 0 Å². The number of furan rings is 1. The van der Waals surface area contributed by atoms with Crippen molar-refractivity contribution < 1.29 is 27.5 Å². The molecule has 0 fully saturated rings. The summed E-state index contributed by atoms with van der Waals surface area (Å²) in [6, 6.07) is 6.56. The Bertz CT molecular complexity index is 856. The molecule has 0 unspecified atom stereocenters. The molecule has 29 heavy (non-hydrogen) atoms. The van der Waals surface area contributed by atoms with Crippen LogP contribution >= 0.6 is 24.0 Å². The van der Waals surface area contributed by atoms with Crippen molar-refractivity contribution in [1.29, 1.82) is 0 Å². The Morgan fingerprint density at radius 3 is 2.52 bits per heavy atom. The lowest BCUT2D eigenvalue weighted by molar-refractivity contribution is -0.0504. The first-order valence-electron chi connectivity index (χ1n) is 8.50. The lowest BCUT2D eigenvalue weighted by Gasteiger charge is -2.14. The molecule has 1 aromatic heterocycles. The van der Waals surface area contributed by atoms with E-state index in [1.54, 1.807) is 32.2 Å². The zero-order valence-corrected chi connectivity index (χ0v) is 18.9. The fourth-order valence-corrected chi connectivity index (χ4v) is 2.57. The third-order valence-corrected chi connectivity index (χ3v) is 3.91. The first kappa shape index (κ1) is 24.7. The van der Waals surface area contributed by atoms with Crippen molar-refractivity contribution in [3.8, 4) is 5.75 Å². The fraction of sp³-hybridized carbons (Fsp3) is 0.368. The van der Waals surface area contributed by atoms with E-state index in [9.17, 15) is 13.6 Å². The van der Waals surface area contributed by atoms with Gasteiger partial charge < -0.3 is 24.5 Å². The topological polar surface area (TPSA) is 85.1 Å². The quantitative estimate of drug-likeness (QED) is 0.249. The van der Waals surface area contributed by atoms with Crippen LogP contribution in [0.25, 0.3) is 0 Å². The van der Waals surface area contributed by atoms with Gasteiger partial charge in [-0.1, -0.05) is 17.7 Å². The van der Waals surface area contributed by atoms with E-state index in [1.165, 1.54) is 13.2 Å². The number of ether oxygens (including phenoxy) is 2. The highest BCUT2D eigenvalue weighted by molar-refractivity contribution is 14.0. The molecule has 2 N–H and O–H groups in total. The predicted molar refractivity (Wildman–Crippen MR) is 115 cm³/mol. The highest BCUT2D eigenvalue weighted by atomic mass is 127. The SMILES string of the molecule is CN=C(NCc1cc(C(=O)OC)c(C)o1)NCc1cc(C)ccc1OC(F)F.I. The number of aryl methyl sites for hydroxylation is 2. The molecule has 0 aliphatic carbocycles. The lowest BCUT2D eigenvalue weighted by atomic mass is 10.1. The number of carbonyl (C=O) groups is 1. The van der Waals surface area contributed by atoms with Crippen LogP contribution in [0.3, 0.4) is 0 Å². The molecule has 1 aromatic carbocycles. The number of benzene rings is 1. The first-order valence-corrected chi connectivity index (χ1v) is 8.50. The summed E-state index contributed by atoms with van der Waals surface area (Å²) in [6.07, 6.45) is 0. The summed E-state index contributed by atoms with van der Waals surface area (Å²) in [6.45, 7) is 1.14. The van der Waals surface area contributed by atoms with Crippen LogP contribution < -0.4 is 15.4 Å². The van der Waals surface area contributed by atoms with E-state index in [-0.39, 0.29) is 42.8 Å². The summed E-state index contributed by atoms with van der Waals surface area (Å²) in [7, 11) is 2.88. The number of hydrogen-bond acceptors (Lipinski definition) is 5. The van der Waals surface area contributed by atoms with Crippen LogP contribution in [0.1, 0.15) is 33.0 Å². The molecule has 10 heteroatoms. The summed E-state index contributed by atoms with van der Waals surface area (Å²) in [4.78, 5) is 15.7. The largest absolute Gasteiger partial charge is 0.465 e. The molecule has 0 atom stereocenters. The Balaban J connectivity index is 0.00000420. The number of aliphatic imine (C=N–C) groups is 1. The normalized spacial score (nSPS) is 11.1. The lowest BCUT2D eigenvalue weighted by Crippen LogP contribution is -2.36. The number of nitrogens with one attached hydrogen (secondary N) is 2. The van der Waals surface area contributed by atoms with E-state index in [0.29, 0.717) is 28.6 Å².